The van der Waals surface area contributed by atoms with E-state index >= 15 is 0 Å². The molecule has 1 heterocycles. The molecule has 0 saturated heterocycles. The van der Waals surface area contributed by atoms with E-state index < -0.39 is 23.2 Å². The third-order valence-corrected chi connectivity index (χ3v) is 7.21. The van der Waals surface area contributed by atoms with E-state index in [1.165, 1.54) is 24.3 Å². The minimum atomic E-state index is -4.41. The summed E-state index contributed by atoms with van der Waals surface area (Å²) in [6, 6.07) is 16.5. The fourth-order valence-corrected chi connectivity index (χ4v) is 4.92. The summed E-state index contributed by atoms with van der Waals surface area (Å²) in [6.07, 6.45) is -1.22. The number of carboxylic acids is 1. The van der Waals surface area contributed by atoms with Gasteiger partial charge in [-0.15, -0.1) is 0 Å². The molecule has 3 N–H and O–H groups in total. The van der Waals surface area contributed by atoms with Gasteiger partial charge in [0.15, 0.2) is 0 Å². The second-order valence-electron chi connectivity index (χ2n) is 9.91. The summed E-state index contributed by atoms with van der Waals surface area (Å²) in [5, 5.41) is 16.5. The van der Waals surface area contributed by atoms with E-state index in [1.54, 1.807) is 36.5 Å². The molecule has 10 heteroatoms. The van der Waals surface area contributed by atoms with Crippen LogP contribution < -0.4 is 10.6 Å². The number of hydrogen-bond acceptors (Lipinski definition) is 3. The third-order valence-electron chi connectivity index (χ3n) is 6.99. The summed E-state index contributed by atoms with van der Waals surface area (Å²) >= 11 is 6.30. The van der Waals surface area contributed by atoms with Crippen molar-refractivity contribution >= 4 is 34.4 Å². The van der Waals surface area contributed by atoms with Crippen LogP contribution >= 0.6 is 11.6 Å². The van der Waals surface area contributed by atoms with Crippen molar-refractivity contribution in [3.63, 3.8) is 0 Å². The van der Waals surface area contributed by atoms with Crippen LogP contribution in [0.15, 0.2) is 72.9 Å². The molecule has 1 saturated carbocycles. The Hall–Kier alpha value is -3.82. The maximum Gasteiger partial charge on any atom is 0.416 e. The molecule has 0 spiro atoms. The van der Waals surface area contributed by atoms with E-state index in [4.69, 9.17) is 16.7 Å². The zero-order chi connectivity index (χ0) is 29.8. The first-order valence-corrected chi connectivity index (χ1v) is 13.7. The number of alkyl halides is 3. The lowest BCUT2D eigenvalue weighted by atomic mass is 10.0. The number of amides is 1. The molecule has 6 nitrogen and oxygen atoms in total. The first-order chi connectivity index (χ1) is 19.5. The molecule has 1 aromatic heterocycles. The molecule has 216 valence electrons. The number of fused-ring (bicyclic) bond motifs is 1. The van der Waals surface area contributed by atoms with Crippen molar-refractivity contribution in [2.45, 2.75) is 44.9 Å². The number of benzene rings is 3. The lowest BCUT2D eigenvalue weighted by Gasteiger charge is -2.19. The van der Waals surface area contributed by atoms with Gasteiger partial charge in [-0.1, -0.05) is 49.7 Å². The quantitative estimate of drug-likeness (QED) is 0.206. The van der Waals surface area contributed by atoms with Crippen LogP contribution in [-0.4, -0.2) is 34.6 Å². The second kappa shape index (κ2) is 12.4. The van der Waals surface area contributed by atoms with Crippen LogP contribution in [0.2, 0.25) is 5.02 Å². The number of carbonyl (C=O) groups excluding carboxylic acids is 1. The van der Waals surface area contributed by atoms with Gasteiger partial charge in [-0.25, -0.2) is 4.79 Å². The Bertz CT molecular complexity index is 1520. The van der Waals surface area contributed by atoms with Crippen LogP contribution in [0.3, 0.4) is 0 Å². The standard InChI is InChI=1S/C27H20ClF3N2O3.C4H11N/c28-21-13-18-9-12-33(15-16-1-5-20(6-2-16)27(29,30)31)23(18)22(14-21)24(34)32-26(10-11-26)19-7-3-17(4-8-19)25(35)36;1-3-5-4-2/h1-9,12-14H,10-11,15H2,(H,32,34)(H,35,36);5H,3-4H2,1-2H3. The Morgan fingerprint density at radius 2 is 1.61 bits per heavy atom. The number of nitrogens with zero attached hydrogens (tertiary/aromatic N) is 1. The molecule has 4 aromatic rings. The van der Waals surface area contributed by atoms with Gasteiger partial charge in [-0.2, -0.15) is 13.2 Å². The Balaban J connectivity index is 0.000000714. The summed E-state index contributed by atoms with van der Waals surface area (Å²) in [5.74, 6) is -1.36. The number of halogens is 4. The molecule has 0 bridgehead atoms. The highest BCUT2D eigenvalue weighted by molar-refractivity contribution is 6.32. The number of hydrogen-bond donors (Lipinski definition) is 3. The van der Waals surface area contributed by atoms with E-state index in [0.717, 1.165) is 36.2 Å². The maximum atomic E-state index is 13.5. The fraction of sp³-hybridized carbons (Fsp3) is 0.290. The molecule has 0 atom stereocenters. The van der Waals surface area contributed by atoms with E-state index in [-0.39, 0.29) is 18.0 Å². The second-order valence-corrected chi connectivity index (χ2v) is 10.3. The molecule has 1 aliphatic carbocycles. The van der Waals surface area contributed by atoms with Gasteiger partial charge in [-0.3, -0.25) is 4.79 Å². The highest BCUT2D eigenvalue weighted by atomic mass is 35.5. The number of carboxylic acid groups (broad SMARTS) is 1. The smallest absolute Gasteiger partial charge is 0.416 e. The number of aromatic nitrogens is 1. The van der Waals surface area contributed by atoms with Crippen LogP contribution in [0.5, 0.6) is 0 Å². The van der Waals surface area contributed by atoms with E-state index in [1.807, 2.05) is 4.57 Å². The highest BCUT2D eigenvalue weighted by Gasteiger charge is 2.46. The average molecular weight is 586 g/mol. The van der Waals surface area contributed by atoms with Gasteiger partial charge in [0, 0.05) is 23.2 Å². The van der Waals surface area contributed by atoms with E-state index in [0.29, 0.717) is 34.5 Å². The third kappa shape index (κ3) is 7.10. The fourth-order valence-electron chi connectivity index (χ4n) is 4.69. The maximum absolute atomic E-state index is 13.5. The Labute approximate surface area is 241 Å². The first-order valence-electron chi connectivity index (χ1n) is 13.3. The minimum Gasteiger partial charge on any atom is -0.478 e. The molecule has 0 radical (unpaired) electrons. The zero-order valence-electron chi connectivity index (χ0n) is 22.7. The first kappa shape index (κ1) is 30.1. The SMILES string of the molecule is CCNCC.O=C(O)c1ccc(C2(NC(=O)c3cc(Cl)cc4ccn(Cc5ccc(C(F)(F)F)cc5)c34)CC2)cc1. The van der Waals surface area contributed by atoms with Gasteiger partial charge >= 0.3 is 12.1 Å². The van der Waals surface area contributed by atoms with Crippen molar-refractivity contribution in [3.8, 4) is 0 Å². The molecule has 1 fully saturated rings. The van der Waals surface area contributed by atoms with Crippen LogP contribution in [-0.2, 0) is 18.3 Å². The molecular weight excluding hydrogens is 555 g/mol. The molecule has 5 rings (SSSR count). The summed E-state index contributed by atoms with van der Waals surface area (Å²) in [4.78, 5) is 24.6. The van der Waals surface area contributed by atoms with Crippen molar-refractivity contribution in [1.29, 1.82) is 0 Å². The van der Waals surface area contributed by atoms with Gasteiger partial charge in [0.2, 0.25) is 0 Å². The van der Waals surface area contributed by atoms with Gasteiger partial charge in [0.1, 0.15) is 0 Å². The van der Waals surface area contributed by atoms with Gasteiger partial charge < -0.3 is 20.3 Å². The van der Waals surface area contributed by atoms with E-state index in [9.17, 15) is 22.8 Å². The lowest BCUT2D eigenvalue weighted by molar-refractivity contribution is -0.137. The summed E-state index contributed by atoms with van der Waals surface area (Å²) in [6.45, 7) is 6.66. The van der Waals surface area contributed by atoms with Gasteiger partial charge in [-0.05, 0) is 79.5 Å². The molecule has 0 unspecified atom stereocenters. The summed E-state index contributed by atoms with van der Waals surface area (Å²) < 4.78 is 40.6. The largest absolute Gasteiger partial charge is 0.478 e. The van der Waals surface area contributed by atoms with Crippen LogP contribution in [0.1, 0.15) is 64.1 Å². The minimum absolute atomic E-state index is 0.165. The predicted molar refractivity (Wildman–Crippen MR) is 153 cm³/mol. The monoisotopic (exact) mass is 585 g/mol. The van der Waals surface area contributed by atoms with Crippen molar-refractivity contribution in [3.05, 3.63) is 106 Å². The van der Waals surface area contributed by atoms with Crippen LogP contribution in [0.4, 0.5) is 13.2 Å². The summed E-state index contributed by atoms with van der Waals surface area (Å²) in [5.41, 5.74) is 1.29. The Morgan fingerprint density at radius 1 is 0.976 bits per heavy atom. The molecule has 0 aliphatic heterocycles. The normalized spacial score (nSPS) is 13.8. The van der Waals surface area contributed by atoms with Crippen LogP contribution in [0, 0.1) is 0 Å². The van der Waals surface area contributed by atoms with Crippen LogP contribution in [0.25, 0.3) is 10.9 Å². The molecule has 41 heavy (non-hydrogen) atoms. The molecule has 3 aromatic carbocycles. The Morgan fingerprint density at radius 3 is 2.12 bits per heavy atom. The average Bonchev–Trinajstić information content (AvgIpc) is 3.61. The van der Waals surface area contributed by atoms with Crippen molar-refractivity contribution < 1.29 is 27.9 Å². The Kier molecular flexibility index (Phi) is 9.09. The van der Waals surface area contributed by atoms with Crippen molar-refractivity contribution in [2.24, 2.45) is 0 Å². The highest BCUT2D eigenvalue weighted by Crippen LogP contribution is 2.46. The number of rotatable bonds is 8. The zero-order valence-corrected chi connectivity index (χ0v) is 23.4. The lowest BCUT2D eigenvalue weighted by Crippen LogP contribution is -2.35. The van der Waals surface area contributed by atoms with Crippen molar-refractivity contribution in [1.82, 2.24) is 15.2 Å². The molecule has 1 amide bonds. The van der Waals surface area contributed by atoms with Gasteiger partial charge in [0.25, 0.3) is 5.91 Å². The van der Waals surface area contributed by atoms with Gasteiger partial charge in [0.05, 0.1) is 27.7 Å². The predicted octanol–water partition coefficient (Wildman–Crippen LogP) is 7.09. The summed E-state index contributed by atoms with van der Waals surface area (Å²) in [7, 11) is 0. The molecular formula is C31H31ClF3N3O3. The van der Waals surface area contributed by atoms with E-state index in [2.05, 4.69) is 24.5 Å². The number of aromatic carboxylic acids is 1. The molecule has 1 aliphatic rings. The number of nitrogens with one attached hydrogen (secondary N) is 2. The van der Waals surface area contributed by atoms with Crippen molar-refractivity contribution in [2.75, 3.05) is 13.1 Å². The topological polar surface area (TPSA) is 83.4 Å². The number of carbonyl (C=O) groups is 2.